The molecule has 1 aromatic heterocycles. The summed E-state index contributed by atoms with van der Waals surface area (Å²) in [6.45, 7) is 2.87. The monoisotopic (exact) mass is 356 g/mol. The minimum absolute atomic E-state index is 0.0420. The summed E-state index contributed by atoms with van der Waals surface area (Å²) in [5.74, 6) is -0.0420. The number of ether oxygens (including phenoxy) is 1. The number of nitriles is 1. The molecule has 2 aromatic rings. The maximum Gasteiger partial charge on any atom is 0.279 e. The van der Waals surface area contributed by atoms with Gasteiger partial charge in [0.15, 0.2) is 6.54 Å². The van der Waals surface area contributed by atoms with E-state index in [1.165, 1.54) is 9.78 Å². The lowest BCUT2D eigenvalue weighted by Gasteiger charge is -2.21. The van der Waals surface area contributed by atoms with Crippen molar-refractivity contribution in [2.75, 3.05) is 25.0 Å². The minimum Gasteiger partial charge on any atom is -0.372 e. The van der Waals surface area contributed by atoms with Gasteiger partial charge in [0.25, 0.3) is 5.91 Å². The van der Waals surface area contributed by atoms with Gasteiger partial charge in [-0.1, -0.05) is 12.1 Å². The predicted molar refractivity (Wildman–Crippen MR) is 97.5 cm³/mol. The molecule has 2 heterocycles. The minimum atomic E-state index is -0.0420. The fourth-order valence-electron chi connectivity index (χ4n) is 3.09. The number of thiophene rings is 1. The van der Waals surface area contributed by atoms with Crippen molar-refractivity contribution in [1.29, 1.82) is 5.26 Å². The third-order valence-electron chi connectivity index (χ3n) is 4.23. The number of nitrogens with one attached hydrogen (secondary N) is 2. The van der Waals surface area contributed by atoms with Gasteiger partial charge in [0, 0.05) is 12.3 Å². The zero-order chi connectivity index (χ0) is 17.5. The van der Waals surface area contributed by atoms with E-state index in [0.717, 1.165) is 32.5 Å². The highest BCUT2D eigenvalue weighted by Crippen LogP contribution is 2.11. The van der Waals surface area contributed by atoms with E-state index in [2.05, 4.69) is 22.8 Å². The molecule has 1 saturated heterocycles. The van der Waals surface area contributed by atoms with E-state index in [1.807, 2.05) is 6.07 Å². The van der Waals surface area contributed by atoms with Crippen molar-refractivity contribution in [1.82, 2.24) is 0 Å². The van der Waals surface area contributed by atoms with Crippen molar-refractivity contribution >= 4 is 22.9 Å². The Kier molecular flexibility index (Phi) is 6.18. The molecule has 3 rings (SSSR count). The third kappa shape index (κ3) is 5.40. The van der Waals surface area contributed by atoms with Crippen LogP contribution in [0.4, 0.5) is 5.69 Å². The number of hydrogen-bond acceptors (Lipinski definition) is 4. The van der Waals surface area contributed by atoms with Crippen LogP contribution in [0.3, 0.4) is 0 Å². The second kappa shape index (κ2) is 8.77. The van der Waals surface area contributed by atoms with Crippen molar-refractivity contribution in [3.63, 3.8) is 0 Å². The Morgan fingerprint density at radius 1 is 1.40 bits per heavy atom. The molecular formula is C19H22N3O2S+. The number of rotatable bonds is 7. The normalized spacial score (nSPS) is 17.8. The van der Waals surface area contributed by atoms with Gasteiger partial charge in [0.1, 0.15) is 19.2 Å². The number of anilines is 1. The molecule has 1 aliphatic rings. The van der Waals surface area contributed by atoms with Gasteiger partial charge < -0.3 is 15.0 Å². The third-order valence-corrected chi connectivity index (χ3v) is 5.11. The Balaban J connectivity index is 1.61. The highest BCUT2D eigenvalue weighted by atomic mass is 32.1. The number of nitrogens with zero attached hydrogens (tertiary/aromatic N) is 1. The molecule has 2 N–H and O–H groups in total. The van der Waals surface area contributed by atoms with Crippen molar-refractivity contribution < 1.29 is 14.4 Å². The summed E-state index contributed by atoms with van der Waals surface area (Å²) in [7, 11) is 0. The van der Waals surface area contributed by atoms with E-state index in [4.69, 9.17) is 10.00 Å². The summed E-state index contributed by atoms with van der Waals surface area (Å²) in [5.41, 5.74) is 1.21. The number of carbonyl (C=O) groups excluding carboxylic acids is 1. The Morgan fingerprint density at radius 2 is 2.32 bits per heavy atom. The quantitative estimate of drug-likeness (QED) is 0.795. The zero-order valence-electron chi connectivity index (χ0n) is 14.0. The van der Waals surface area contributed by atoms with Crippen LogP contribution >= 0.6 is 11.3 Å². The van der Waals surface area contributed by atoms with E-state index >= 15 is 0 Å². The average molecular weight is 356 g/mol. The molecule has 1 unspecified atom stereocenters. The first-order valence-corrected chi connectivity index (χ1v) is 9.38. The molecule has 0 bridgehead atoms. The van der Waals surface area contributed by atoms with Crippen LogP contribution in [0.2, 0.25) is 0 Å². The van der Waals surface area contributed by atoms with Crippen molar-refractivity contribution in [3.8, 4) is 6.07 Å². The molecular weight excluding hydrogens is 334 g/mol. The summed E-state index contributed by atoms with van der Waals surface area (Å²) >= 11 is 1.72. The van der Waals surface area contributed by atoms with Gasteiger partial charge in [-0.2, -0.15) is 5.26 Å². The van der Waals surface area contributed by atoms with Crippen LogP contribution in [-0.4, -0.2) is 31.7 Å². The van der Waals surface area contributed by atoms with Crippen molar-refractivity contribution in [2.24, 2.45) is 0 Å². The van der Waals surface area contributed by atoms with Crippen LogP contribution in [0, 0.1) is 11.3 Å². The molecule has 130 valence electrons. The Hall–Kier alpha value is -2.20. The molecule has 1 amide bonds. The SMILES string of the molecule is N#Cc1cccc(NC(=O)C[NH+](Cc2cccs2)C[C@@H]2CCCO2)c1. The van der Waals surface area contributed by atoms with Gasteiger partial charge in [-0.3, -0.25) is 4.79 Å². The fraction of sp³-hybridized carbons (Fsp3) is 0.368. The topological polar surface area (TPSA) is 66.6 Å². The first-order chi connectivity index (χ1) is 12.2. The standard InChI is InChI=1S/C19H21N3O2S/c20-11-15-4-1-5-16(10-15)21-19(23)14-22(12-17-6-2-8-24-17)13-18-7-3-9-25-18/h1,3-5,7,9-10,17H,2,6,8,12-14H2,(H,21,23)/p+1/t17-/m0/s1. The van der Waals surface area contributed by atoms with Crippen LogP contribution in [-0.2, 0) is 16.1 Å². The van der Waals surface area contributed by atoms with Gasteiger partial charge in [0.2, 0.25) is 0 Å². The van der Waals surface area contributed by atoms with Crippen LogP contribution < -0.4 is 10.2 Å². The van der Waals surface area contributed by atoms with Crippen molar-refractivity contribution in [3.05, 3.63) is 52.2 Å². The van der Waals surface area contributed by atoms with Gasteiger partial charge >= 0.3 is 0 Å². The smallest absolute Gasteiger partial charge is 0.279 e. The second-order valence-corrected chi connectivity index (χ2v) is 7.30. The number of quaternary nitrogens is 1. The van der Waals surface area contributed by atoms with E-state index in [9.17, 15) is 4.79 Å². The van der Waals surface area contributed by atoms with Gasteiger partial charge in [-0.15, -0.1) is 11.3 Å². The summed E-state index contributed by atoms with van der Waals surface area (Å²) in [6, 6.07) is 13.2. The van der Waals surface area contributed by atoms with E-state index < -0.39 is 0 Å². The summed E-state index contributed by atoms with van der Waals surface area (Å²) in [5, 5.41) is 13.9. The number of amides is 1. The molecule has 1 aliphatic heterocycles. The van der Waals surface area contributed by atoms with Crippen LogP contribution in [0.5, 0.6) is 0 Å². The van der Waals surface area contributed by atoms with Crippen LogP contribution in [0.1, 0.15) is 23.3 Å². The molecule has 2 atom stereocenters. The molecule has 1 aromatic carbocycles. The number of benzene rings is 1. The Bertz CT molecular complexity index is 733. The van der Waals surface area contributed by atoms with Gasteiger partial charge in [-0.05, 0) is 42.5 Å². The first kappa shape index (κ1) is 17.6. The molecule has 1 fully saturated rings. The molecule has 0 spiro atoms. The zero-order valence-corrected chi connectivity index (χ0v) is 14.8. The summed E-state index contributed by atoms with van der Waals surface area (Å²) in [6.07, 6.45) is 2.41. The Morgan fingerprint density at radius 3 is 3.04 bits per heavy atom. The molecule has 6 heteroatoms. The highest BCUT2D eigenvalue weighted by Gasteiger charge is 2.24. The predicted octanol–water partition coefficient (Wildman–Crippen LogP) is 1.82. The highest BCUT2D eigenvalue weighted by molar-refractivity contribution is 7.09. The fourth-order valence-corrected chi connectivity index (χ4v) is 3.87. The molecule has 0 aliphatic carbocycles. The molecule has 25 heavy (non-hydrogen) atoms. The molecule has 0 radical (unpaired) electrons. The second-order valence-electron chi connectivity index (χ2n) is 6.26. The van der Waals surface area contributed by atoms with Gasteiger partial charge in [0.05, 0.1) is 16.5 Å². The lowest BCUT2D eigenvalue weighted by Crippen LogP contribution is -3.12. The average Bonchev–Trinajstić information content (AvgIpc) is 3.29. The largest absolute Gasteiger partial charge is 0.372 e. The number of carbonyl (C=O) groups is 1. The van der Waals surface area contributed by atoms with Gasteiger partial charge in [-0.25, -0.2) is 0 Å². The molecule has 5 nitrogen and oxygen atoms in total. The van der Waals surface area contributed by atoms with E-state index in [1.54, 1.807) is 35.6 Å². The maximum absolute atomic E-state index is 12.5. The van der Waals surface area contributed by atoms with E-state index in [-0.39, 0.29) is 12.0 Å². The van der Waals surface area contributed by atoms with Crippen LogP contribution in [0.25, 0.3) is 0 Å². The molecule has 0 saturated carbocycles. The lowest BCUT2D eigenvalue weighted by atomic mass is 10.2. The number of hydrogen-bond donors (Lipinski definition) is 2. The maximum atomic E-state index is 12.5. The first-order valence-electron chi connectivity index (χ1n) is 8.50. The Labute approximate surface area is 151 Å². The van der Waals surface area contributed by atoms with Crippen LogP contribution in [0.15, 0.2) is 41.8 Å². The summed E-state index contributed by atoms with van der Waals surface area (Å²) in [4.78, 5) is 14.9. The summed E-state index contributed by atoms with van der Waals surface area (Å²) < 4.78 is 5.75. The van der Waals surface area contributed by atoms with E-state index in [0.29, 0.717) is 17.8 Å². The lowest BCUT2D eigenvalue weighted by molar-refractivity contribution is -0.908. The van der Waals surface area contributed by atoms with Crippen molar-refractivity contribution in [2.45, 2.75) is 25.5 Å².